The fourth-order valence-electron chi connectivity index (χ4n) is 2.71. The van der Waals surface area contributed by atoms with Crippen LogP contribution in [0.2, 0.25) is 0 Å². The molecular weight excluding hydrogens is 240 g/mol. The highest BCUT2D eigenvalue weighted by molar-refractivity contribution is 5.30. The summed E-state index contributed by atoms with van der Waals surface area (Å²) in [6.07, 6.45) is 0.401. The zero-order valence-corrected chi connectivity index (χ0v) is 12.4. The normalized spacial score (nSPS) is 26.1. The molecule has 2 atom stereocenters. The monoisotopic (exact) mass is 264 g/mol. The second-order valence-corrected chi connectivity index (χ2v) is 6.52. The molecule has 1 fully saturated rings. The van der Waals surface area contributed by atoms with Gasteiger partial charge in [-0.3, -0.25) is 0 Å². The smallest absolute Gasteiger partial charge is 0.130 e. The van der Waals surface area contributed by atoms with Crippen LogP contribution in [0.25, 0.3) is 0 Å². The van der Waals surface area contributed by atoms with E-state index in [-0.39, 0.29) is 17.3 Å². The minimum atomic E-state index is -0.479. The van der Waals surface area contributed by atoms with Gasteiger partial charge in [0.05, 0.1) is 11.7 Å². The fourth-order valence-corrected chi connectivity index (χ4v) is 2.71. The van der Waals surface area contributed by atoms with Crippen LogP contribution in [0.15, 0.2) is 24.3 Å². The molecule has 3 heteroatoms. The lowest BCUT2D eigenvalue weighted by molar-refractivity contribution is -0.0846. The Morgan fingerprint density at radius 2 is 2.00 bits per heavy atom. The van der Waals surface area contributed by atoms with Gasteiger partial charge >= 0.3 is 0 Å². The summed E-state index contributed by atoms with van der Waals surface area (Å²) >= 11 is 0. The van der Waals surface area contributed by atoms with Crippen molar-refractivity contribution in [2.45, 2.75) is 64.4 Å². The molecule has 1 aliphatic heterocycles. The van der Waals surface area contributed by atoms with Crippen molar-refractivity contribution in [1.82, 2.24) is 0 Å². The molecule has 1 N–H and O–H groups in total. The molecule has 0 amide bonds. The lowest BCUT2D eigenvalue weighted by Gasteiger charge is -2.27. The SMILES string of the molecule is C[C@@H](O)c1cccc(OC2CC(C)(C)OC2(C)C)c1. The highest BCUT2D eigenvalue weighted by atomic mass is 16.6. The molecule has 1 unspecified atom stereocenters. The van der Waals surface area contributed by atoms with Gasteiger partial charge in [0.15, 0.2) is 0 Å². The third-order valence-corrected chi connectivity index (χ3v) is 3.61. The lowest BCUT2D eigenvalue weighted by atomic mass is 9.97. The zero-order valence-electron chi connectivity index (χ0n) is 12.4. The molecule has 3 nitrogen and oxygen atoms in total. The maximum atomic E-state index is 9.61. The van der Waals surface area contributed by atoms with Gasteiger partial charge in [-0.25, -0.2) is 0 Å². The molecule has 1 aromatic carbocycles. The van der Waals surface area contributed by atoms with E-state index in [0.29, 0.717) is 0 Å². The standard InChI is InChI=1S/C16H24O3/c1-11(17)12-7-6-8-13(9-12)18-14-10-15(2,3)19-16(14,4)5/h6-9,11,14,17H,10H2,1-5H3/t11-,14?/m1/s1. The van der Waals surface area contributed by atoms with Crippen molar-refractivity contribution in [3.05, 3.63) is 29.8 Å². The maximum Gasteiger partial charge on any atom is 0.130 e. The van der Waals surface area contributed by atoms with Gasteiger partial charge in [-0.2, -0.15) is 0 Å². The predicted molar refractivity (Wildman–Crippen MR) is 75.4 cm³/mol. The minimum Gasteiger partial charge on any atom is -0.487 e. The third-order valence-electron chi connectivity index (χ3n) is 3.61. The van der Waals surface area contributed by atoms with Gasteiger partial charge in [-0.15, -0.1) is 0 Å². The van der Waals surface area contributed by atoms with Crippen molar-refractivity contribution in [3.8, 4) is 5.75 Å². The van der Waals surface area contributed by atoms with E-state index in [0.717, 1.165) is 17.7 Å². The predicted octanol–water partition coefficient (Wildman–Crippen LogP) is 3.46. The number of aliphatic hydroxyl groups excluding tert-OH is 1. The Balaban J connectivity index is 2.15. The van der Waals surface area contributed by atoms with Crippen molar-refractivity contribution in [2.24, 2.45) is 0 Å². The molecule has 2 rings (SSSR count). The van der Waals surface area contributed by atoms with E-state index in [2.05, 4.69) is 27.7 Å². The van der Waals surface area contributed by atoms with Crippen LogP contribution in [0.1, 0.15) is 52.7 Å². The summed E-state index contributed by atoms with van der Waals surface area (Å²) in [6, 6.07) is 7.63. The van der Waals surface area contributed by atoms with Gasteiger partial charge in [0.1, 0.15) is 17.5 Å². The molecule has 0 bridgehead atoms. The summed E-state index contributed by atoms with van der Waals surface area (Å²) in [5.41, 5.74) is 0.411. The highest BCUT2D eigenvalue weighted by Gasteiger charge is 2.47. The second kappa shape index (κ2) is 4.80. The van der Waals surface area contributed by atoms with Crippen LogP contribution >= 0.6 is 0 Å². The number of hydrogen-bond acceptors (Lipinski definition) is 3. The molecule has 0 aliphatic carbocycles. The third kappa shape index (κ3) is 3.28. The lowest BCUT2D eigenvalue weighted by Crippen LogP contribution is -2.36. The summed E-state index contributed by atoms with van der Waals surface area (Å²) < 4.78 is 12.1. The van der Waals surface area contributed by atoms with Gasteiger partial charge < -0.3 is 14.6 Å². The number of hydrogen-bond donors (Lipinski definition) is 1. The van der Waals surface area contributed by atoms with Crippen LogP contribution in [0.4, 0.5) is 0 Å². The van der Waals surface area contributed by atoms with Crippen LogP contribution in [0, 0.1) is 0 Å². The van der Waals surface area contributed by atoms with E-state index in [4.69, 9.17) is 9.47 Å². The summed E-state index contributed by atoms with van der Waals surface area (Å²) in [7, 11) is 0. The van der Waals surface area contributed by atoms with E-state index in [9.17, 15) is 5.11 Å². The molecule has 106 valence electrons. The molecule has 19 heavy (non-hydrogen) atoms. The topological polar surface area (TPSA) is 38.7 Å². The van der Waals surface area contributed by atoms with Gasteiger partial charge in [-0.05, 0) is 52.3 Å². The summed E-state index contributed by atoms with van der Waals surface area (Å²) in [6.45, 7) is 10.1. The Kier molecular flexibility index (Phi) is 3.63. The van der Waals surface area contributed by atoms with Gasteiger partial charge in [-0.1, -0.05) is 12.1 Å². The number of benzene rings is 1. The first-order valence-corrected chi connectivity index (χ1v) is 6.84. The molecule has 0 saturated carbocycles. The zero-order chi connectivity index (χ0) is 14.3. The first-order chi connectivity index (χ1) is 8.70. The Labute approximate surface area is 115 Å². The van der Waals surface area contributed by atoms with Crippen LogP contribution in [-0.4, -0.2) is 22.4 Å². The molecule has 0 aromatic heterocycles. The summed E-state index contributed by atoms with van der Waals surface area (Å²) in [5.74, 6) is 0.790. The van der Waals surface area contributed by atoms with Gasteiger partial charge in [0.2, 0.25) is 0 Å². The first-order valence-electron chi connectivity index (χ1n) is 6.84. The number of aliphatic hydroxyl groups is 1. The van der Waals surface area contributed by atoms with E-state index in [1.54, 1.807) is 6.92 Å². The Morgan fingerprint density at radius 3 is 2.53 bits per heavy atom. The summed E-state index contributed by atoms with van der Waals surface area (Å²) in [4.78, 5) is 0. The van der Waals surface area contributed by atoms with Crippen molar-refractivity contribution in [3.63, 3.8) is 0 Å². The number of ether oxygens (including phenoxy) is 2. The molecule has 0 radical (unpaired) electrons. The summed E-state index contributed by atoms with van der Waals surface area (Å²) in [5, 5.41) is 9.61. The first kappa shape index (κ1) is 14.4. The van der Waals surface area contributed by atoms with Crippen LogP contribution in [-0.2, 0) is 4.74 Å². The molecule has 0 spiro atoms. The van der Waals surface area contributed by atoms with E-state index in [1.165, 1.54) is 0 Å². The van der Waals surface area contributed by atoms with Crippen LogP contribution in [0.3, 0.4) is 0 Å². The van der Waals surface area contributed by atoms with Gasteiger partial charge in [0, 0.05) is 6.42 Å². The Hall–Kier alpha value is -1.06. The molecular formula is C16H24O3. The van der Waals surface area contributed by atoms with E-state index >= 15 is 0 Å². The number of rotatable bonds is 3. The van der Waals surface area contributed by atoms with E-state index < -0.39 is 6.10 Å². The average Bonchev–Trinajstić information content (AvgIpc) is 2.47. The van der Waals surface area contributed by atoms with Crippen molar-refractivity contribution < 1.29 is 14.6 Å². The van der Waals surface area contributed by atoms with E-state index in [1.807, 2.05) is 24.3 Å². The van der Waals surface area contributed by atoms with Crippen LogP contribution < -0.4 is 4.74 Å². The maximum absolute atomic E-state index is 9.61. The van der Waals surface area contributed by atoms with Gasteiger partial charge in [0.25, 0.3) is 0 Å². The Bertz CT molecular complexity index is 449. The highest BCUT2D eigenvalue weighted by Crippen LogP contribution is 2.39. The largest absolute Gasteiger partial charge is 0.487 e. The molecule has 1 saturated heterocycles. The van der Waals surface area contributed by atoms with Crippen molar-refractivity contribution >= 4 is 0 Å². The van der Waals surface area contributed by atoms with Crippen LogP contribution in [0.5, 0.6) is 5.75 Å². The molecule has 1 heterocycles. The average molecular weight is 264 g/mol. The quantitative estimate of drug-likeness (QED) is 0.908. The molecule has 1 aromatic rings. The Morgan fingerprint density at radius 1 is 1.32 bits per heavy atom. The van der Waals surface area contributed by atoms with Crippen molar-refractivity contribution in [2.75, 3.05) is 0 Å². The second-order valence-electron chi connectivity index (χ2n) is 6.52. The van der Waals surface area contributed by atoms with Crippen molar-refractivity contribution in [1.29, 1.82) is 0 Å². The molecule has 1 aliphatic rings. The fraction of sp³-hybridized carbons (Fsp3) is 0.625. The minimum absolute atomic E-state index is 0.0201.